The molecule has 1 aromatic rings. The molecule has 9 heteroatoms. The minimum absolute atomic E-state index is 0.110. The van der Waals surface area contributed by atoms with E-state index in [9.17, 15) is 18.0 Å². The smallest absolute Gasteiger partial charge is 0.401 e. The molecule has 0 saturated heterocycles. The van der Waals surface area contributed by atoms with Crippen molar-refractivity contribution in [2.75, 3.05) is 0 Å². The fourth-order valence-electron chi connectivity index (χ4n) is 0.719. The topological polar surface area (TPSA) is 63.1 Å². The van der Waals surface area contributed by atoms with Gasteiger partial charge < -0.3 is 5.11 Å². The zero-order chi connectivity index (χ0) is 11.5. The molecule has 84 valence electrons. The van der Waals surface area contributed by atoms with E-state index in [-0.39, 0.29) is 4.34 Å². The van der Waals surface area contributed by atoms with E-state index >= 15 is 0 Å². The fraction of sp³-hybridized carbons (Fsp3) is 0.500. The van der Waals surface area contributed by atoms with Crippen LogP contribution >= 0.6 is 23.1 Å². The van der Waals surface area contributed by atoms with Crippen molar-refractivity contribution in [2.24, 2.45) is 0 Å². The molecule has 4 nitrogen and oxygen atoms in total. The van der Waals surface area contributed by atoms with E-state index in [1.165, 1.54) is 5.51 Å². The van der Waals surface area contributed by atoms with Gasteiger partial charge in [-0.1, -0.05) is 23.1 Å². The maximum Gasteiger partial charge on any atom is 0.401 e. The van der Waals surface area contributed by atoms with Crippen molar-refractivity contribution in [3.63, 3.8) is 0 Å². The first-order valence-corrected chi connectivity index (χ1v) is 5.37. The van der Waals surface area contributed by atoms with Gasteiger partial charge in [0.15, 0.2) is 4.34 Å². The summed E-state index contributed by atoms with van der Waals surface area (Å²) in [5.41, 5.74) is 1.29. The summed E-state index contributed by atoms with van der Waals surface area (Å²) in [6, 6.07) is 0. The van der Waals surface area contributed by atoms with Gasteiger partial charge in [0, 0.05) is 0 Å². The molecule has 1 heterocycles. The summed E-state index contributed by atoms with van der Waals surface area (Å²) in [6.07, 6.45) is -5.54. The van der Waals surface area contributed by atoms with Crippen LogP contribution in [0.5, 0.6) is 0 Å². The molecule has 0 aliphatic heterocycles. The highest BCUT2D eigenvalue weighted by Gasteiger charge is 2.42. The molecule has 0 aromatic carbocycles. The van der Waals surface area contributed by atoms with Crippen LogP contribution in [0.1, 0.15) is 6.42 Å². The van der Waals surface area contributed by atoms with Crippen LogP contribution in [0.3, 0.4) is 0 Å². The predicted molar refractivity (Wildman–Crippen MR) is 47.9 cm³/mol. The zero-order valence-corrected chi connectivity index (χ0v) is 8.70. The lowest BCUT2D eigenvalue weighted by atomic mass is 10.3. The number of carboxylic acids is 1. The largest absolute Gasteiger partial charge is 0.481 e. The van der Waals surface area contributed by atoms with Gasteiger partial charge in [-0.3, -0.25) is 4.79 Å². The first kappa shape index (κ1) is 12.2. The number of carbonyl (C=O) groups is 1. The highest BCUT2D eigenvalue weighted by molar-refractivity contribution is 8.01. The van der Waals surface area contributed by atoms with E-state index in [4.69, 9.17) is 5.11 Å². The maximum absolute atomic E-state index is 12.3. The van der Waals surface area contributed by atoms with E-state index < -0.39 is 23.8 Å². The standard InChI is InChI=1S/C6H5F3N2O2S2/c7-6(8,9)3(1-4(12)13)15-5-11-10-2-14-5/h2-3H,1H2,(H,12,13). The van der Waals surface area contributed by atoms with Gasteiger partial charge in [-0.15, -0.1) is 10.2 Å². The second-order valence-corrected chi connectivity index (χ2v) is 4.73. The number of thioether (sulfide) groups is 1. The molecule has 0 bridgehead atoms. The molecular weight excluding hydrogens is 253 g/mol. The first-order chi connectivity index (χ1) is 6.89. The van der Waals surface area contributed by atoms with Gasteiger partial charge in [-0.05, 0) is 0 Å². The molecule has 1 aromatic heterocycles. The molecule has 0 saturated carbocycles. The van der Waals surface area contributed by atoms with E-state index in [0.29, 0.717) is 11.8 Å². The van der Waals surface area contributed by atoms with Crippen molar-refractivity contribution in [1.29, 1.82) is 0 Å². The minimum atomic E-state index is -4.56. The second-order valence-electron chi connectivity index (χ2n) is 2.45. The molecule has 1 unspecified atom stereocenters. The Hall–Kier alpha value is -0.830. The van der Waals surface area contributed by atoms with Gasteiger partial charge in [0.05, 0.1) is 6.42 Å². The van der Waals surface area contributed by atoms with Crippen LogP contribution in [0.25, 0.3) is 0 Å². The van der Waals surface area contributed by atoms with Gasteiger partial charge >= 0.3 is 12.1 Å². The average Bonchev–Trinajstić information content (AvgIpc) is 2.53. The number of aliphatic carboxylic acids is 1. The molecular formula is C6H5F3N2O2S2. The molecule has 0 aliphatic rings. The number of rotatable bonds is 4. The number of carboxylic acid groups (broad SMARTS) is 1. The summed E-state index contributed by atoms with van der Waals surface area (Å²) in [7, 11) is 0. The number of aromatic nitrogens is 2. The molecule has 0 spiro atoms. The second kappa shape index (κ2) is 4.79. The Morgan fingerprint density at radius 3 is 2.73 bits per heavy atom. The summed E-state index contributed by atoms with van der Waals surface area (Å²) < 4.78 is 37.1. The number of halogens is 3. The molecule has 0 radical (unpaired) electrons. The summed E-state index contributed by atoms with van der Waals surface area (Å²) in [5.74, 6) is -1.49. The number of nitrogens with zero attached hydrogens (tertiary/aromatic N) is 2. The van der Waals surface area contributed by atoms with Gasteiger partial charge in [-0.2, -0.15) is 13.2 Å². The van der Waals surface area contributed by atoms with Crippen LogP contribution in [0.4, 0.5) is 13.2 Å². The predicted octanol–water partition coefficient (Wildman–Crippen LogP) is 2.04. The normalized spacial score (nSPS) is 13.8. The third-order valence-corrected chi connectivity index (χ3v) is 3.37. The maximum atomic E-state index is 12.3. The SMILES string of the molecule is O=C(O)CC(Sc1nncs1)C(F)(F)F. The lowest BCUT2D eigenvalue weighted by molar-refractivity contribution is -0.149. The lowest BCUT2D eigenvalue weighted by Crippen LogP contribution is -2.28. The van der Waals surface area contributed by atoms with Crippen LogP contribution in [-0.2, 0) is 4.79 Å². The molecule has 0 fully saturated rings. The number of hydrogen-bond acceptors (Lipinski definition) is 5. The van der Waals surface area contributed by atoms with Gasteiger partial charge in [0.2, 0.25) is 0 Å². The van der Waals surface area contributed by atoms with Gasteiger partial charge in [0.25, 0.3) is 0 Å². The quantitative estimate of drug-likeness (QED) is 0.837. The highest BCUT2D eigenvalue weighted by atomic mass is 32.2. The monoisotopic (exact) mass is 258 g/mol. The fourth-order valence-corrected chi connectivity index (χ4v) is 2.39. The van der Waals surface area contributed by atoms with E-state index in [1.54, 1.807) is 0 Å². The third kappa shape index (κ3) is 4.04. The number of alkyl halides is 3. The van der Waals surface area contributed by atoms with Gasteiger partial charge in [-0.25, -0.2) is 0 Å². The summed E-state index contributed by atoms with van der Waals surface area (Å²) in [4.78, 5) is 10.2. The average molecular weight is 258 g/mol. The summed E-state index contributed by atoms with van der Waals surface area (Å²) in [6.45, 7) is 0. The van der Waals surface area contributed by atoms with Crippen molar-refractivity contribution in [3.8, 4) is 0 Å². The van der Waals surface area contributed by atoms with Crippen LogP contribution in [0, 0.1) is 0 Å². The van der Waals surface area contributed by atoms with E-state index in [1.807, 2.05) is 0 Å². The summed E-state index contributed by atoms with van der Waals surface area (Å²) in [5, 5.41) is 13.1. The Morgan fingerprint density at radius 2 is 2.33 bits per heavy atom. The van der Waals surface area contributed by atoms with Crippen LogP contribution in [-0.4, -0.2) is 32.7 Å². The lowest BCUT2D eigenvalue weighted by Gasteiger charge is -2.15. The summed E-state index contributed by atoms with van der Waals surface area (Å²) >= 11 is 1.31. The first-order valence-electron chi connectivity index (χ1n) is 3.61. The van der Waals surface area contributed by atoms with Crippen molar-refractivity contribution in [3.05, 3.63) is 5.51 Å². The van der Waals surface area contributed by atoms with Crippen molar-refractivity contribution >= 4 is 29.1 Å². The Morgan fingerprint density at radius 1 is 1.67 bits per heavy atom. The molecule has 15 heavy (non-hydrogen) atoms. The van der Waals surface area contributed by atoms with Crippen LogP contribution in [0.15, 0.2) is 9.85 Å². The van der Waals surface area contributed by atoms with Crippen molar-refractivity contribution in [1.82, 2.24) is 10.2 Å². The highest BCUT2D eigenvalue weighted by Crippen LogP contribution is 2.37. The molecule has 1 rings (SSSR count). The van der Waals surface area contributed by atoms with Crippen LogP contribution in [0.2, 0.25) is 0 Å². The third-order valence-electron chi connectivity index (χ3n) is 1.31. The Labute approximate surface area is 90.5 Å². The van der Waals surface area contributed by atoms with Crippen molar-refractivity contribution in [2.45, 2.75) is 22.2 Å². The number of hydrogen-bond donors (Lipinski definition) is 1. The van der Waals surface area contributed by atoms with E-state index in [2.05, 4.69) is 10.2 Å². The Bertz CT molecular complexity index is 328. The minimum Gasteiger partial charge on any atom is -0.481 e. The molecule has 1 N–H and O–H groups in total. The molecule has 0 amide bonds. The zero-order valence-electron chi connectivity index (χ0n) is 7.06. The van der Waals surface area contributed by atoms with Crippen LogP contribution < -0.4 is 0 Å². The molecule has 0 aliphatic carbocycles. The Balaban J connectivity index is 2.69. The van der Waals surface area contributed by atoms with E-state index in [0.717, 1.165) is 11.3 Å². The molecule has 1 atom stereocenters. The van der Waals surface area contributed by atoms with Crippen molar-refractivity contribution < 1.29 is 23.1 Å². The Kier molecular flexibility index (Phi) is 3.91. The van der Waals surface area contributed by atoms with Gasteiger partial charge in [0.1, 0.15) is 10.8 Å².